The van der Waals surface area contributed by atoms with Gasteiger partial charge in [-0.25, -0.2) is 0 Å². The van der Waals surface area contributed by atoms with Gasteiger partial charge >= 0.3 is 0 Å². The van der Waals surface area contributed by atoms with Crippen molar-refractivity contribution in [2.75, 3.05) is 0 Å². The molecule has 5 heteroatoms. The van der Waals surface area contributed by atoms with Crippen LogP contribution in [0.4, 0.5) is 0 Å². The van der Waals surface area contributed by atoms with Gasteiger partial charge in [0, 0.05) is 28.8 Å². The molecule has 2 aromatic carbocycles. The highest BCUT2D eigenvalue weighted by molar-refractivity contribution is 6.30. The molecule has 2 aromatic heterocycles. The normalized spacial score (nSPS) is 12.2. The maximum absolute atomic E-state index is 5.92. The number of aromatic amines is 1. The van der Waals surface area contributed by atoms with E-state index in [-0.39, 0.29) is 0 Å². The molecule has 1 aliphatic rings. The Morgan fingerprint density at radius 3 is 2.58 bits per heavy atom. The van der Waals surface area contributed by atoms with Crippen molar-refractivity contribution in [1.29, 1.82) is 0 Å². The van der Waals surface area contributed by atoms with Crippen LogP contribution in [-0.4, -0.2) is 15.2 Å². The number of H-pyrrole nitrogens is 1. The van der Waals surface area contributed by atoms with Gasteiger partial charge in [-0.2, -0.15) is 0 Å². The molecule has 0 unspecified atom stereocenters. The second kappa shape index (κ2) is 5.08. The summed E-state index contributed by atoms with van der Waals surface area (Å²) in [5.41, 5.74) is 6.74. The molecule has 0 bridgehead atoms. The smallest absolute Gasteiger partial charge is 0.250 e. The standard InChI is InChI=1S/C19H12ClN3O/c20-13-7-5-11(6-8-13)18-22-23-19(24-18)16-10-21-17-14-4-2-1-3-12(14)9-15(16)17/h1-8,10,21H,9H2. The van der Waals surface area contributed by atoms with E-state index in [0.717, 1.165) is 23.2 Å². The van der Waals surface area contributed by atoms with Gasteiger partial charge < -0.3 is 9.40 Å². The van der Waals surface area contributed by atoms with E-state index in [0.29, 0.717) is 16.8 Å². The SMILES string of the molecule is Clc1ccc(-c2nnc(-c3c[nH]c4c3Cc3ccccc3-4)o2)cc1. The van der Waals surface area contributed by atoms with E-state index in [2.05, 4.69) is 39.4 Å². The zero-order chi connectivity index (χ0) is 16.1. The summed E-state index contributed by atoms with van der Waals surface area (Å²) in [7, 11) is 0. The monoisotopic (exact) mass is 333 g/mol. The largest absolute Gasteiger partial charge is 0.416 e. The molecule has 5 rings (SSSR count). The highest BCUT2D eigenvalue weighted by atomic mass is 35.5. The zero-order valence-electron chi connectivity index (χ0n) is 12.6. The van der Waals surface area contributed by atoms with Gasteiger partial charge in [0.05, 0.1) is 11.3 Å². The minimum atomic E-state index is 0.493. The van der Waals surface area contributed by atoms with Crippen molar-refractivity contribution in [3.8, 4) is 34.2 Å². The first-order valence-electron chi connectivity index (χ1n) is 7.68. The Hall–Kier alpha value is -2.85. The molecule has 0 aliphatic heterocycles. The van der Waals surface area contributed by atoms with Gasteiger partial charge in [0.25, 0.3) is 0 Å². The number of fused-ring (bicyclic) bond motifs is 3. The van der Waals surface area contributed by atoms with E-state index in [4.69, 9.17) is 16.0 Å². The Kier molecular flexibility index (Phi) is 2.87. The van der Waals surface area contributed by atoms with Gasteiger partial charge in [0.2, 0.25) is 11.8 Å². The second-order valence-corrected chi connectivity index (χ2v) is 6.25. The summed E-state index contributed by atoms with van der Waals surface area (Å²) in [4.78, 5) is 3.35. The molecule has 1 N–H and O–H groups in total. The topological polar surface area (TPSA) is 54.7 Å². The van der Waals surface area contributed by atoms with Crippen LogP contribution in [0.1, 0.15) is 11.1 Å². The molecule has 4 nitrogen and oxygen atoms in total. The van der Waals surface area contributed by atoms with Crippen LogP contribution >= 0.6 is 11.6 Å². The Balaban J connectivity index is 1.55. The van der Waals surface area contributed by atoms with Crippen molar-refractivity contribution in [3.05, 3.63) is 70.9 Å². The summed E-state index contributed by atoms with van der Waals surface area (Å²) >= 11 is 5.92. The molecule has 24 heavy (non-hydrogen) atoms. The quantitative estimate of drug-likeness (QED) is 0.497. The highest BCUT2D eigenvalue weighted by Gasteiger charge is 2.25. The molecule has 0 saturated heterocycles. The Morgan fingerprint density at radius 1 is 0.917 bits per heavy atom. The van der Waals surface area contributed by atoms with E-state index in [9.17, 15) is 0 Å². The minimum Gasteiger partial charge on any atom is -0.416 e. The Morgan fingerprint density at radius 2 is 1.71 bits per heavy atom. The summed E-state index contributed by atoms with van der Waals surface area (Å²) in [5.74, 6) is 1.03. The first-order chi connectivity index (χ1) is 11.8. The summed E-state index contributed by atoms with van der Waals surface area (Å²) < 4.78 is 5.89. The van der Waals surface area contributed by atoms with Gasteiger partial charge in [0.15, 0.2) is 0 Å². The third-order valence-electron chi connectivity index (χ3n) is 4.39. The van der Waals surface area contributed by atoms with Crippen LogP contribution in [-0.2, 0) is 6.42 Å². The summed E-state index contributed by atoms with van der Waals surface area (Å²) in [6.07, 6.45) is 2.82. The van der Waals surface area contributed by atoms with Crippen LogP contribution < -0.4 is 0 Å². The molecular weight excluding hydrogens is 322 g/mol. The second-order valence-electron chi connectivity index (χ2n) is 5.81. The highest BCUT2D eigenvalue weighted by Crippen LogP contribution is 2.41. The average Bonchev–Trinajstić information content (AvgIpc) is 3.30. The fraction of sp³-hybridized carbons (Fsp3) is 0.0526. The van der Waals surface area contributed by atoms with Crippen LogP contribution in [0, 0.1) is 0 Å². The number of hydrogen-bond donors (Lipinski definition) is 1. The van der Waals surface area contributed by atoms with Gasteiger partial charge in [-0.1, -0.05) is 35.9 Å². The third kappa shape index (κ3) is 2.00. The van der Waals surface area contributed by atoms with Crippen molar-refractivity contribution in [1.82, 2.24) is 15.2 Å². The lowest BCUT2D eigenvalue weighted by Gasteiger charge is -1.97. The molecule has 2 heterocycles. The molecule has 0 fully saturated rings. The van der Waals surface area contributed by atoms with Gasteiger partial charge in [0.1, 0.15) is 0 Å². The first-order valence-corrected chi connectivity index (χ1v) is 8.06. The fourth-order valence-corrected chi connectivity index (χ4v) is 3.34. The van der Waals surface area contributed by atoms with E-state index in [1.54, 1.807) is 0 Å². The Bertz CT molecular complexity index is 1050. The summed E-state index contributed by atoms with van der Waals surface area (Å²) in [5, 5.41) is 9.08. The number of halogens is 1. The van der Waals surface area contributed by atoms with Crippen molar-refractivity contribution >= 4 is 11.6 Å². The van der Waals surface area contributed by atoms with E-state index in [1.165, 1.54) is 16.7 Å². The molecule has 4 aromatic rings. The number of aromatic nitrogens is 3. The van der Waals surface area contributed by atoms with Crippen LogP contribution in [0.15, 0.2) is 59.1 Å². The predicted octanol–water partition coefficient (Wildman–Crippen LogP) is 4.96. The van der Waals surface area contributed by atoms with Crippen LogP contribution in [0.3, 0.4) is 0 Å². The number of benzene rings is 2. The maximum Gasteiger partial charge on any atom is 0.250 e. The van der Waals surface area contributed by atoms with Crippen LogP contribution in [0.25, 0.3) is 34.2 Å². The van der Waals surface area contributed by atoms with Crippen molar-refractivity contribution in [2.45, 2.75) is 6.42 Å². The Labute approximate surface area is 143 Å². The first kappa shape index (κ1) is 13.6. The third-order valence-corrected chi connectivity index (χ3v) is 4.64. The van der Waals surface area contributed by atoms with Crippen LogP contribution in [0.2, 0.25) is 5.02 Å². The molecule has 0 atom stereocenters. The lowest BCUT2D eigenvalue weighted by atomic mass is 10.1. The number of nitrogens with zero attached hydrogens (tertiary/aromatic N) is 2. The van der Waals surface area contributed by atoms with Gasteiger partial charge in [-0.3, -0.25) is 0 Å². The average molecular weight is 334 g/mol. The molecule has 0 spiro atoms. The fourth-order valence-electron chi connectivity index (χ4n) is 3.22. The van der Waals surface area contributed by atoms with Crippen molar-refractivity contribution < 1.29 is 4.42 Å². The molecule has 0 radical (unpaired) electrons. The van der Waals surface area contributed by atoms with Crippen molar-refractivity contribution in [3.63, 3.8) is 0 Å². The van der Waals surface area contributed by atoms with Crippen LogP contribution in [0.5, 0.6) is 0 Å². The number of hydrogen-bond acceptors (Lipinski definition) is 3. The molecule has 0 amide bonds. The van der Waals surface area contributed by atoms with Gasteiger partial charge in [-0.05, 0) is 35.4 Å². The number of rotatable bonds is 2. The summed E-state index contributed by atoms with van der Waals surface area (Å²) in [6, 6.07) is 15.8. The van der Waals surface area contributed by atoms with Crippen molar-refractivity contribution in [2.24, 2.45) is 0 Å². The molecule has 1 aliphatic carbocycles. The van der Waals surface area contributed by atoms with E-state index < -0.39 is 0 Å². The van der Waals surface area contributed by atoms with Gasteiger partial charge in [-0.15, -0.1) is 10.2 Å². The molecular formula is C19H12ClN3O. The maximum atomic E-state index is 5.92. The predicted molar refractivity (Wildman–Crippen MR) is 92.8 cm³/mol. The van der Waals surface area contributed by atoms with E-state index in [1.807, 2.05) is 30.5 Å². The zero-order valence-corrected chi connectivity index (χ0v) is 13.3. The molecule has 116 valence electrons. The lowest BCUT2D eigenvalue weighted by molar-refractivity contribution is 0.584. The number of nitrogens with one attached hydrogen (secondary N) is 1. The minimum absolute atomic E-state index is 0.493. The summed E-state index contributed by atoms with van der Waals surface area (Å²) in [6.45, 7) is 0. The lowest BCUT2D eigenvalue weighted by Crippen LogP contribution is -1.83. The van der Waals surface area contributed by atoms with E-state index >= 15 is 0 Å². The molecule has 0 saturated carbocycles.